The van der Waals surface area contributed by atoms with Crippen LogP contribution in [0, 0.1) is 5.92 Å². The van der Waals surface area contributed by atoms with Crippen LogP contribution in [-0.4, -0.2) is 23.4 Å². The Balaban J connectivity index is 1.64. The van der Waals surface area contributed by atoms with Crippen molar-refractivity contribution in [2.75, 3.05) is 11.4 Å². The zero-order chi connectivity index (χ0) is 17.3. The van der Waals surface area contributed by atoms with Gasteiger partial charge in [0.1, 0.15) is 6.10 Å². The van der Waals surface area contributed by atoms with Crippen LogP contribution in [-0.2, 0) is 14.3 Å². The lowest BCUT2D eigenvalue weighted by Crippen LogP contribution is -2.26. The number of esters is 1. The normalized spacial score (nSPS) is 18.7. The Labute approximate surface area is 156 Å². The molecule has 0 N–H and O–H groups in total. The highest BCUT2D eigenvalue weighted by atomic mass is 79.9. The number of aromatic nitrogens is 1. The molecule has 3 rings (SSSR count). The molecule has 1 fully saturated rings. The Morgan fingerprint density at radius 1 is 1.54 bits per heavy atom. The van der Waals surface area contributed by atoms with E-state index in [0.717, 1.165) is 10.0 Å². The predicted molar refractivity (Wildman–Crippen MR) is 96.2 cm³/mol. The number of carbonyl (C=O) groups excluding carboxylic acids is 2. The van der Waals surface area contributed by atoms with Gasteiger partial charge in [-0.25, -0.2) is 4.98 Å². The predicted octanol–water partition coefficient (Wildman–Crippen LogP) is 4.22. The number of benzene rings is 1. The van der Waals surface area contributed by atoms with Crippen molar-refractivity contribution in [3.05, 3.63) is 44.8 Å². The van der Waals surface area contributed by atoms with E-state index >= 15 is 0 Å². The lowest BCUT2D eigenvalue weighted by atomic mass is 10.1. The molecular weight excluding hydrogens is 416 g/mol. The molecule has 1 aromatic carbocycles. The molecule has 5 nitrogen and oxygen atoms in total. The molecule has 1 aromatic heterocycles. The van der Waals surface area contributed by atoms with Crippen LogP contribution in [0.1, 0.15) is 25.0 Å². The summed E-state index contributed by atoms with van der Waals surface area (Å²) in [5.74, 6) is -0.950. The fraction of sp³-hybridized carbons (Fsp3) is 0.312. The second-order valence-corrected chi connectivity index (χ2v) is 7.61. The standard InChI is InChI=1S/C16H14BrClN2O3S/c1-9(10-2-3-13(18)12(17)6-10)23-15(22)11-7-14(21)20(8-11)16-19-4-5-24-16/h2-6,9,11H,7-8H2,1H3/t9-,11?/m0/s1. The van der Waals surface area contributed by atoms with Crippen LogP contribution in [0.2, 0.25) is 5.02 Å². The molecule has 8 heteroatoms. The number of thiazole rings is 1. The number of rotatable bonds is 4. The topological polar surface area (TPSA) is 59.5 Å². The number of ether oxygens (including phenoxy) is 1. The summed E-state index contributed by atoms with van der Waals surface area (Å²) in [6.45, 7) is 2.10. The first-order chi connectivity index (χ1) is 11.5. The third-order valence-corrected chi connectivity index (χ3v) is 5.82. The van der Waals surface area contributed by atoms with Gasteiger partial charge in [-0.2, -0.15) is 0 Å². The Morgan fingerprint density at radius 2 is 2.33 bits per heavy atom. The summed E-state index contributed by atoms with van der Waals surface area (Å²) in [5, 5.41) is 3.01. The van der Waals surface area contributed by atoms with E-state index in [-0.39, 0.29) is 18.3 Å². The maximum atomic E-state index is 12.4. The van der Waals surface area contributed by atoms with Crippen molar-refractivity contribution in [1.82, 2.24) is 4.98 Å². The second-order valence-electron chi connectivity index (χ2n) is 5.47. The monoisotopic (exact) mass is 428 g/mol. The molecular formula is C16H14BrClN2O3S. The lowest BCUT2D eigenvalue weighted by Gasteiger charge is -2.17. The van der Waals surface area contributed by atoms with Crippen LogP contribution in [0.4, 0.5) is 5.13 Å². The van der Waals surface area contributed by atoms with E-state index in [0.29, 0.717) is 16.7 Å². The summed E-state index contributed by atoms with van der Waals surface area (Å²) in [6.07, 6.45) is 1.37. The third-order valence-electron chi connectivity index (χ3n) is 3.81. The van der Waals surface area contributed by atoms with Gasteiger partial charge in [-0.15, -0.1) is 11.3 Å². The highest BCUT2D eigenvalue weighted by Gasteiger charge is 2.37. The SMILES string of the molecule is C[C@H](OC(=O)C1CC(=O)N(c2nccs2)C1)c1ccc(Cl)c(Br)c1. The number of nitrogens with zero attached hydrogens (tertiary/aromatic N) is 2. The molecule has 2 aromatic rings. The second kappa shape index (κ2) is 7.21. The number of amides is 1. The highest BCUT2D eigenvalue weighted by molar-refractivity contribution is 9.10. The molecule has 0 bridgehead atoms. The fourth-order valence-electron chi connectivity index (χ4n) is 2.50. The number of hydrogen-bond acceptors (Lipinski definition) is 5. The van der Waals surface area contributed by atoms with Gasteiger partial charge in [-0.1, -0.05) is 17.7 Å². The summed E-state index contributed by atoms with van der Waals surface area (Å²) in [6, 6.07) is 5.38. The van der Waals surface area contributed by atoms with Crippen LogP contribution in [0.25, 0.3) is 0 Å². The summed E-state index contributed by atoms with van der Waals surface area (Å²) in [7, 11) is 0. The number of anilines is 1. The van der Waals surface area contributed by atoms with Crippen molar-refractivity contribution >= 4 is 55.9 Å². The third kappa shape index (κ3) is 3.63. The summed E-state index contributed by atoms with van der Waals surface area (Å²) in [5.41, 5.74) is 0.834. The van der Waals surface area contributed by atoms with E-state index in [4.69, 9.17) is 16.3 Å². The molecule has 0 aliphatic carbocycles. The smallest absolute Gasteiger partial charge is 0.311 e. The fourth-order valence-corrected chi connectivity index (χ4v) is 3.69. The lowest BCUT2D eigenvalue weighted by molar-refractivity contribution is -0.153. The first kappa shape index (κ1) is 17.4. The Bertz CT molecular complexity index is 769. The van der Waals surface area contributed by atoms with E-state index in [9.17, 15) is 9.59 Å². The first-order valence-corrected chi connectivity index (χ1v) is 9.36. The van der Waals surface area contributed by atoms with Crippen molar-refractivity contribution in [3.63, 3.8) is 0 Å². The molecule has 24 heavy (non-hydrogen) atoms. The summed E-state index contributed by atoms with van der Waals surface area (Å²) >= 11 is 10.7. The van der Waals surface area contributed by atoms with Gasteiger partial charge in [0, 0.05) is 29.0 Å². The molecule has 1 amide bonds. The maximum absolute atomic E-state index is 12.4. The van der Waals surface area contributed by atoms with Crippen LogP contribution < -0.4 is 4.90 Å². The number of hydrogen-bond donors (Lipinski definition) is 0. The number of carbonyl (C=O) groups is 2. The minimum atomic E-state index is -0.473. The quantitative estimate of drug-likeness (QED) is 0.683. The molecule has 2 atom stereocenters. The Morgan fingerprint density at radius 3 is 3.00 bits per heavy atom. The molecule has 126 valence electrons. The molecule has 2 heterocycles. The van der Waals surface area contributed by atoms with Crippen molar-refractivity contribution in [2.24, 2.45) is 5.92 Å². The Kier molecular flexibility index (Phi) is 5.22. The van der Waals surface area contributed by atoms with Crippen LogP contribution in [0.3, 0.4) is 0 Å². The molecule has 1 saturated heterocycles. The molecule has 1 aliphatic rings. The maximum Gasteiger partial charge on any atom is 0.311 e. The first-order valence-electron chi connectivity index (χ1n) is 7.31. The van der Waals surface area contributed by atoms with E-state index < -0.39 is 12.0 Å². The van der Waals surface area contributed by atoms with Gasteiger partial charge < -0.3 is 4.74 Å². The largest absolute Gasteiger partial charge is 0.458 e. The van der Waals surface area contributed by atoms with E-state index in [1.165, 1.54) is 11.3 Å². The molecule has 0 radical (unpaired) electrons. The molecule has 1 unspecified atom stereocenters. The van der Waals surface area contributed by atoms with Gasteiger partial charge in [0.25, 0.3) is 0 Å². The van der Waals surface area contributed by atoms with Gasteiger partial charge in [0.2, 0.25) is 5.91 Å². The Hall–Kier alpha value is -1.44. The van der Waals surface area contributed by atoms with Crippen molar-refractivity contribution in [2.45, 2.75) is 19.4 Å². The summed E-state index contributed by atoms with van der Waals surface area (Å²) in [4.78, 5) is 30.1. The molecule has 1 aliphatic heterocycles. The average Bonchev–Trinajstić information content (AvgIpc) is 3.19. The van der Waals surface area contributed by atoms with E-state index in [1.54, 1.807) is 29.5 Å². The zero-order valence-corrected chi connectivity index (χ0v) is 15.9. The van der Waals surface area contributed by atoms with Gasteiger partial charge in [-0.05, 0) is 40.5 Å². The summed E-state index contributed by atoms with van der Waals surface area (Å²) < 4.78 is 6.28. The average molecular weight is 430 g/mol. The van der Waals surface area contributed by atoms with Crippen LogP contribution in [0.5, 0.6) is 0 Å². The van der Waals surface area contributed by atoms with Gasteiger partial charge in [0.05, 0.1) is 10.9 Å². The van der Waals surface area contributed by atoms with Gasteiger partial charge in [-0.3, -0.25) is 14.5 Å². The van der Waals surface area contributed by atoms with Gasteiger partial charge >= 0.3 is 5.97 Å². The number of halogens is 2. The van der Waals surface area contributed by atoms with Crippen molar-refractivity contribution in [3.8, 4) is 0 Å². The minimum absolute atomic E-state index is 0.103. The highest BCUT2D eigenvalue weighted by Crippen LogP contribution is 2.30. The van der Waals surface area contributed by atoms with Gasteiger partial charge in [0.15, 0.2) is 5.13 Å². The zero-order valence-electron chi connectivity index (χ0n) is 12.7. The minimum Gasteiger partial charge on any atom is -0.458 e. The van der Waals surface area contributed by atoms with Crippen molar-refractivity contribution < 1.29 is 14.3 Å². The van der Waals surface area contributed by atoms with E-state index in [2.05, 4.69) is 20.9 Å². The van der Waals surface area contributed by atoms with Crippen molar-refractivity contribution in [1.29, 1.82) is 0 Å². The van der Waals surface area contributed by atoms with E-state index in [1.807, 2.05) is 12.1 Å². The van der Waals surface area contributed by atoms with Crippen LogP contribution >= 0.6 is 38.9 Å². The molecule has 0 spiro atoms. The van der Waals surface area contributed by atoms with Crippen LogP contribution in [0.15, 0.2) is 34.2 Å². The molecule has 0 saturated carbocycles.